The number of aromatic carboxylic acids is 1. The summed E-state index contributed by atoms with van der Waals surface area (Å²) in [5, 5.41) is 21.1. The van der Waals surface area contributed by atoms with E-state index in [4.69, 9.17) is 9.47 Å². The highest BCUT2D eigenvalue weighted by molar-refractivity contribution is 5.98. The number of carboxylic acids is 2. The van der Waals surface area contributed by atoms with E-state index in [1.807, 2.05) is 0 Å². The number of nitrogens with zero attached hydrogens (tertiary/aromatic N) is 1. The van der Waals surface area contributed by atoms with Crippen molar-refractivity contribution in [3.63, 3.8) is 0 Å². The van der Waals surface area contributed by atoms with E-state index >= 15 is 0 Å². The molecule has 10 heteroatoms. The molecule has 2 rings (SSSR count). The number of rotatable bonds is 5. The fraction of sp³-hybridized carbons (Fsp3) is 0.474. The van der Waals surface area contributed by atoms with Gasteiger partial charge in [0.05, 0.1) is 12.1 Å². The van der Waals surface area contributed by atoms with E-state index in [0.717, 1.165) is 4.90 Å². The van der Waals surface area contributed by atoms with Crippen molar-refractivity contribution < 1.29 is 38.9 Å². The molecule has 0 saturated carbocycles. The highest BCUT2D eigenvalue weighted by Crippen LogP contribution is 2.27. The summed E-state index contributed by atoms with van der Waals surface area (Å²) in [7, 11) is 1.41. The van der Waals surface area contributed by atoms with E-state index in [1.165, 1.54) is 25.2 Å². The van der Waals surface area contributed by atoms with Crippen LogP contribution in [0, 0.1) is 0 Å². The fourth-order valence-corrected chi connectivity index (χ4v) is 2.90. The van der Waals surface area contributed by atoms with Gasteiger partial charge in [0.1, 0.15) is 23.5 Å². The third-order valence-electron chi connectivity index (χ3n) is 4.12. The van der Waals surface area contributed by atoms with Crippen molar-refractivity contribution in [2.75, 3.05) is 13.6 Å². The first-order chi connectivity index (χ1) is 13.4. The predicted molar refractivity (Wildman–Crippen MR) is 100 cm³/mol. The molecule has 158 valence electrons. The fourth-order valence-electron chi connectivity index (χ4n) is 2.90. The van der Waals surface area contributed by atoms with Gasteiger partial charge in [-0.2, -0.15) is 0 Å². The second kappa shape index (κ2) is 8.38. The number of carbonyl (C=O) groups is 4. The van der Waals surface area contributed by atoms with E-state index in [0.29, 0.717) is 0 Å². The molecule has 1 heterocycles. The Bertz CT molecular complexity index is 830. The highest BCUT2D eigenvalue weighted by atomic mass is 16.6. The van der Waals surface area contributed by atoms with Gasteiger partial charge in [0.15, 0.2) is 0 Å². The summed E-state index contributed by atoms with van der Waals surface area (Å²) < 4.78 is 11.0. The van der Waals surface area contributed by atoms with Crippen molar-refractivity contribution >= 4 is 23.9 Å². The van der Waals surface area contributed by atoms with Gasteiger partial charge in [-0.15, -0.1) is 0 Å². The van der Waals surface area contributed by atoms with Crippen LogP contribution in [0.25, 0.3) is 0 Å². The molecule has 0 aliphatic carbocycles. The van der Waals surface area contributed by atoms with Crippen LogP contribution >= 0.6 is 0 Å². The minimum absolute atomic E-state index is 0.0127. The van der Waals surface area contributed by atoms with Crippen molar-refractivity contribution in [2.24, 2.45) is 0 Å². The van der Waals surface area contributed by atoms with Gasteiger partial charge in [0.2, 0.25) is 0 Å². The Hall–Kier alpha value is -3.30. The summed E-state index contributed by atoms with van der Waals surface area (Å²) >= 11 is 0. The lowest BCUT2D eigenvalue weighted by atomic mass is 10.1. The average Bonchev–Trinajstić information content (AvgIpc) is 3.03. The van der Waals surface area contributed by atoms with Crippen molar-refractivity contribution in [3.05, 3.63) is 29.3 Å². The molecule has 0 radical (unpaired) electrons. The van der Waals surface area contributed by atoms with Gasteiger partial charge in [-0.25, -0.2) is 14.4 Å². The van der Waals surface area contributed by atoms with Gasteiger partial charge in [0.25, 0.3) is 5.91 Å². The van der Waals surface area contributed by atoms with E-state index in [1.54, 1.807) is 20.8 Å². The lowest BCUT2D eigenvalue weighted by molar-refractivity contribution is -0.142. The number of hydrogen-bond acceptors (Lipinski definition) is 6. The monoisotopic (exact) mass is 408 g/mol. The number of hydrogen-bond donors (Lipinski definition) is 3. The first kappa shape index (κ1) is 22.0. The molecule has 1 aromatic rings. The Kier molecular flexibility index (Phi) is 6.35. The van der Waals surface area contributed by atoms with E-state index in [2.05, 4.69) is 5.32 Å². The lowest BCUT2D eigenvalue weighted by Gasteiger charge is -2.26. The first-order valence-corrected chi connectivity index (χ1v) is 8.91. The molecule has 1 saturated heterocycles. The summed E-state index contributed by atoms with van der Waals surface area (Å²) in [6, 6.07) is 2.66. The number of nitrogens with one attached hydrogen (secondary N) is 1. The Labute approximate surface area is 167 Å². The molecule has 1 aromatic carbocycles. The van der Waals surface area contributed by atoms with Gasteiger partial charge in [-0.05, 0) is 39.0 Å². The van der Waals surface area contributed by atoms with Crippen molar-refractivity contribution in [1.82, 2.24) is 10.2 Å². The zero-order chi connectivity index (χ0) is 21.9. The second-order valence-electron chi connectivity index (χ2n) is 7.59. The van der Waals surface area contributed by atoms with Crippen LogP contribution in [0.4, 0.5) is 4.79 Å². The number of likely N-dealkylation sites (tertiary alicyclic amines) is 1. The summed E-state index contributed by atoms with van der Waals surface area (Å²) in [6.45, 7) is 4.95. The molecule has 1 fully saturated rings. The Morgan fingerprint density at radius 3 is 2.24 bits per heavy atom. The maximum atomic E-state index is 12.4. The van der Waals surface area contributed by atoms with Gasteiger partial charge >= 0.3 is 18.0 Å². The number of carbonyl (C=O) groups excluding carboxylic acids is 2. The molecular weight excluding hydrogens is 384 g/mol. The molecule has 0 aromatic heterocycles. The first-order valence-electron chi connectivity index (χ1n) is 8.91. The molecule has 1 aliphatic rings. The maximum absolute atomic E-state index is 12.4. The Balaban J connectivity index is 2.24. The van der Waals surface area contributed by atoms with Crippen LogP contribution in [0.15, 0.2) is 18.2 Å². The van der Waals surface area contributed by atoms with Gasteiger partial charge in [0, 0.05) is 19.0 Å². The smallest absolute Gasteiger partial charge is 0.411 e. The van der Waals surface area contributed by atoms with E-state index in [-0.39, 0.29) is 29.8 Å². The Morgan fingerprint density at radius 2 is 1.72 bits per heavy atom. The standard InChI is InChI=1S/C19H24N2O8/c1-19(2,3)29-18(27)21-9-13(8-14(21)17(25)26)28-12-6-10(15(22)20-4)5-11(7-12)16(23)24/h5-7,13-14H,8-9H2,1-4H3,(H,20,22)(H,23,24)(H,25,26)/t13-,14?/m1/s1. The molecule has 10 nitrogen and oxygen atoms in total. The van der Waals surface area contributed by atoms with Gasteiger partial charge in [-0.3, -0.25) is 9.69 Å². The largest absolute Gasteiger partial charge is 0.488 e. The third-order valence-corrected chi connectivity index (χ3v) is 4.12. The summed E-state index contributed by atoms with van der Waals surface area (Å²) in [4.78, 5) is 48.2. The molecule has 2 amide bonds. The molecule has 2 atom stereocenters. The lowest BCUT2D eigenvalue weighted by Crippen LogP contribution is -2.43. The predicted octanol–water partition coefficient (Wildman–Crippen LogP) is 1.59. The van der Waals surface area contributed by atoms with Crippen molar-refractivity contribution in [3.8, 4) is 5.75 Å². The summed E-state index contributed by atoms with van der Waals surface area (Å²) in [5.74, 6) is -2.86. The van der Waals surface area contributed by atoms with Crippen LogP contribution in [0.3, 0.4) is 0 Å². The number of ether oxygens (including phenoxy) is 2. The van der Waals surface area contributed by atoms with Crippen molar-refractivity contribution in [1.29, 1.82) is 0 Å². The molecular formula is C19H24N2O8. The minimum atomic E-state index is -1.24. The number of amides is 2. The molecule has 3 N–H and O–H groups in total. The summed E-state index contributed by atoms with van der Waals surface area (Å²) in [5.41, 5.74) is -0.866. The summed E-state index contributed by atoms with van der Waals surface area (Å²) in [6.07, 6.45) is -1.51. The Morgan fingerprint density at radius 1 is 1.10 bits per heavy atom. The number of benzene rings is 1. The van der Waals surface area contributed by atoms with Crippen molar-refractivity contribution in [2.45, 2.75) is 44.9 Å². The van der Waals surface area contributed by atoms with Crippen LogP contribution < -0.4 is 10.1 Å². The normalized spacial score (nSPS) is 18.8. The molecule has 0 bridgehead atoms. The van der Waals surface area contributed by atoms with Crippen LogP contribution in [-0.4, -0.2) is 70.4 Å². The molecule has 29 heavy (non-hydrogen) atoms. The highest BCUT2D eigenvalue weighted by Gasteiger charge is 2.42. The second-order valence-corrected chi connectivity index (χ2v) is 7.59. The topological polar surface area (TPSA) is 142 Å². The zero-order valence-corrected chi connectivity index (χ0v) is 16.6. The number of aliphatic carboxylic acids is 1. The van der Waals surface area contributed by atoms with Gasteiger partial charge < -0.3 is 25.0 Å². The molecule has 0 spiro atoms. The third kappa shape index (κ3) is 5.59. The SMILES string of the molecule is CNC(=O)c1cc(O[C@@H]2CC(C(=O)O)N(C(=O)OC(C)(C)C)C2)cc(C(=O)O)c1. The van der Waals surface area contributed by atoms with E-state index < -0.39 is 41.7 Å². The van der Waals surface area contributed by atoms with Crippen LogP contribution in [-0.2, 0) is 9.53 Å². The number of carboxylic acid groups (broad SMARTS) is 2. The maximum Gasteiger partial charge on any atom is 0.411 e. The van der Waals surface area contributed by atoms with Crippen LogP contribution in [0.5, 0.6) is 5.75 Å². The molecule has 1 aliphatic heterocycles. The quantitative estimate of drug-likeness (QED) is 0.667. The van der Waals surface area contributed by atoms with E-state index in [9.17, 15) is 29.4 Å². The van der Waals surface area contributed by atoms with Crippen LogP contribution in [0.1, 0.15) is 47.9 Å². The molecule has 1 unspecified atom stereocenters. The average molecular weight is 408 g/mol. The zero-order valence-electron chi connectivity index (χ0n) is 16.6. The minimum Gasteiger partial charge on any atom is -0.488 e. The van der Waals surface area contributed by atoms with Crippen LogP contribution in [0.2, 0.25) is 0 Å². The van der Waals surface area contributed by atoms with Gasteiger partial charge in [-0.1, -0.05) is 0 Å².